The smallest absolute Gasteiger partial charge is 0.229 e. The molecule has 1 fully saturated rings. The molecule has 0 bridgehead atoms. The molecule has 3 rings (SSSR count). The zero-order valence-electron chi connectivity index (χ0n) is 11.3. The zero-order chi connectivity index (χ0) is 13.9. The van der Waals surface area contributed by atoms with Crippen LogP contribution in [0.3, 0.4) is 0 Å². The topological polar surface area (TPSA) is 71.8 Å². The Morgan fingerprint density at radius 3 is 2.60 bits per heavy atom. The maximum Gasteiger partial charge on any atom is 0.229 e. The molecule has 1 aliphatic rings. The Labute approximate surface area is 117 Å². The second-order valence-electron chi connectivity index (χ2n) is 4.99. The monoisotopic (exact) mass is 271 g/mol. The zero-order valence-corrected chi connectivity index (χ0v) is 11.3. The number of nitrogens with one attached hydrogen (secondary N) is 2. The van der Waals surface area contributed by atoms with E-state index in [9.17, 15) is 4.79 Å². The van der Waals surface area contributed by atoms with E-state index in [0.29, 0.717) is 0 Å². The summed E-state index contributed by atoms with van der Waals surface area (Å²) < 4.78 is 0. The van der Waals surface area contributed by atoms with E-state index in [1.165, 1.54) is 4.80 Å². The van der Waals surface area contributed by atoms with Crippen molar-refractivity contribution in [1.29, 1.82) is 0 Å². The molecule has 1 aliphatic heterocycles. The lowest BCUT2D eigenvalue weighted by molar-refractivity contribution is -0.119. The van der Waals surface area contributed by atoms with Gasteiger partial charge in [-0.2, -0.15) is 15.0 Å². The minimum atomic E-state index is 0.0439. The summed E-state index contributed by atoms with van der Waals surface area (Å²) >= 11 is 0. The van der Waals surface area contributed by atoms with Crippen LogP contribution >= 0.6 is 0 Å². The molecule has 20 heavy (non-hydrogen) atoms. The number of hydrogen-bond donors (Lipinski definition) is 2. The summed E-state index contributed by atoms with van der Waals surface area (Å²) in [6.07, 6.45) is 4.15. The van der Waals surface area contributed by atoms with E-state index < -0.39 is 0 Å². The summed E-state index contributed by atoms with van der Waals surface area (Å²) in [6.45, 7) is 2.95. The van der Waals surface area contributed by atoms with Gasteiger partial charge < -0.3 is 10.6 Å². The van der Waals surface area contributed by atoms with Crippen molar-refractivity contribution < 1.29 is 4.79 Å². The third kappa shape index (κ3) is 2.55. The van der Waals surface area contributed by atoms with Gasteiger partial charge >= 0.3 is 0 Å². The lowest BCUT2D eigenvalue weighted by Crippen LogP contribution is -2.32. The normalized spacial score (nSPS) is 21.9. The van der Waals surface area contributed by atoms with E-state index in [1.54, 1.807) is 12.4 Å². The molecule has 6 heteroatoms. The van der Waals surface area contributed by atoms with Gasteiger partial charge in [-0.1, -0.05) is 0 Å². The lowest BCUT2D eigenvalue weighted by atomic mass is 10.0. The van der Waals surface area contributed by atoms with Crippen LogP contribution in [0.5, 0.6) is 0 Å². The molecular weight excluding hydrogens is 254 g/mol. The molecule has 104 valence electrons. The van der Waals surface area contributed by atoms with Crippen molar-refractivity contribution in [3.05, 3.63) is 36.7 Å². The molecule has 0 aliphatic carbocycles. The van der Waals surface area contributed by atoms with Crippen LogP contribution in [0.1, 0.15) is 13.3 Å². The molecule has 1 amide bonds. The van der Waals surface area contributed by atoms with E-state index in [2.05, 4.69) is 20.8 Å². The van der Waals surface area contributed by atoms with Gasteiger partial charge in [0.25, 0.3) is 0 Å². The summed E-state index contributed by atoms with van der Waals surface area (Å²) in [6, 6.07) is 7.73. The molecule has 2 aromatic rings. The lowest BCUT2D eigenvalue weighted by Gasteiger charge is -2.15. The van der Waals surface area contributed by atoms with Crippen LogP contribution in [-0.2, 0) is 4.79 Å². The van der Waals surface area contributed by atoms with E-state index in [1.807, 2.05) is 31.2 Å². The predicted molar refractivity (Wildman–Crippen MR) is 75.6 cm³/mol. The Kier molecular flexibility index (Phi) is 3.47. The number of hydrogen-bond acceptors (Lipinski definition) is 4. The van der Waals surface area contributed by atoms with Gasteiger partial charge in [0.05, 0.1) is 24.0 Å². The van der Waals surface area contributed by atoms with Gasteiger partial charge in [-0.3, -0.25) is 4.79 Å². The van der Waals surface area contributed by atoms with Gasteiger partial charge in [0, 0.05) is 11.7 Å². The number of rotatable bonds is 3. The molecule has 2 heterocycles. The first-order valence-electron chi connectivity index (χ1n) is 6.75. The van der Waals surface area contributed by atoms with E-state index in [0.717, 1.165) is 24.3 Å². The number of carbonyl (C=O) groups excluding carboxylic acids is 1. The van der Waals surface area contributed by atoms with Crippen LogP contribution in [0.4, 0.5) is 5.69 Å². The van der Waals surface area contributed by atoms with Crippen LogP contribution in [0, 0.1) is 5.92 Å². The highest BCUT2D eigenvalue weighted by molar-refractivity contribution is 5.93. The summed E-state index contributed by atoms with van der Waals surface area (Å²) in [5.41, 5.74) is 1.66. The fraction of sp³-hybridized carbons (Fsp3) is 0.357. The van der Waals surface area contributed by atoms with Crippen molar-refractivity contribution in [3.63, 3.8) is 0 Å². The van der Waals surface area contributed by atoms with Crippen molar-refractivity contribution in [2.24, 2.45) is 5.92 Å². The maximum atomic E-state index is 12.2. The number of nitrogens with zero attached hydrogens (tertiary/aromatic N) is 3. The van der Waals surface area contributed by atoms with Gasteiger partial charge in [-0.15, -0.1) is 0 Å². The fourth-order valence-electron chi connectivity index (χ4n) is 2.48. The van der Waals surface area contributed by atoms with Crippen molar-refractivity contribution in [2.45, 2.75) is 19.4 Å². The summed E-state index contributed by atoms with van der Waals surface area (Å²) in [7, 11) is 0. The minimum absolute atomic E-state index is 0.0439. The standard InChI is InChI=1S/C14H17N5O/c1-10-13(6-7-15-10)14(20)18-11-2-4-12(5-3-11)19-16-8-9-17-19/h2-5,8-10,13,15H,6-7H2,1H3,(H,18,20). The molecule has 0 spiro atoms. The Morgan fingerprint density at radius 1 is 1.30 bits per heavy atom. The Bertz CT molecular complexity index is 578. The summed E-state index contributed by atoms with van der Waals surface area (Å²) in [4.78, 5) is 13.7. The second-order valence-corrected chi connectivity index (χ2v) is 4.99. The predicted octanol–water partition coefficient (Wildman–Crippen LogP) is 1.20. The second kappa shape index (κ2) is 5.42. The number of benzene rings is 1. The van der Waals surface area contributed by atoms with Crippen molar-refractivity contribution in [1.82, 2.24) is 20.3 Å². The largest absolute Gasteiger partial charge is 0.326 e. The molecule has 1 saturated heterocycles. The van der Waals surface area contributed by atoms with Gasteiger partial charge in [-0.25, -0.2) is 0 Å². The highest BCUT2D eigenvalue weighted by atomic mass is 16.1. The molecule has 6 nitrogen and oxygen atoms in total. The first-order valence-corrected chi connectivity index (χ1v) is 6.75. The Balaban J connectivity index is 1.68. The van der Waals surface area contributed by atoms with Gasteiger partial charge in [0.15, 0.2) is 0 Å². The molecule has 2 N–H and O–H groups in total. The van der Waals surface area contributed by atoms with Crippen molar-refractivity contribution in [2.75, 3.05) is 11.9 Å². The number of anilines is 1. The average Bonchev–Trinajstić information content (AvgIpc) is 3.10. The summed E-state index contributed by atoms with van der Waals surface area (Å²) in [5.74, 6) is 0.120. The van der Waals surface area contributed by atoms with Crippen LogP contribution in [0.2, 0.25) is 0 Å². The van der Waals surface area contributed by atoms with Crippen LogP contribution in [0.15, 0.2) is 36.7 Å². The van der Waals surface area contributed by atoms with Crippen LogP contribution < -0.4 is 10.6 Å². The highest BCUT2D eigenvalue weighted by Gasteiger charge is 2.29. The number of amides is 1. The van der Waals surface area contributed by atoms with E-state index in [-0.39, 0.29) is 17.9 Å². The fourth-order valence-corrected chi connectivity index (χ4v) is 2.48. The van der Waals surface area contributed by atoms with Crippen LogP contribution in [0.25, 0.3) is 5.69 Å². The molecule has 0 saturated carbocycles. The highest BCUT2D eigenvalue weighted by Crippen LogP contribution is 2.18. The first-order chi connectivity index (χ1) is 9.74. The molecule has 0 radical (unpaired) electrons. The number of aromatic nitrogens is 3. The molecule has 1 aromatic carbocycles. The first kappa shape index (κ1) is 12.8. The van der Waals surface area contributed by atoms with Crippen LogP contribution in [-0.4, -0.2) is 33.5 Å². The van der Waals surface area contributed by atoms with Gasteiger partial charge in [0.1, 0.15) is 0 Å². The van der Waals surface area contributed by atoms with Gasteiger partial charge in [-0.05, 0) is 44.2 Å². The van der Waals surface area contributed by atoms with Crippen molar-refractivity contribution in [3.8, 4) is 5.69 Å². The Hall–Kier alpha value is -2.21. The Morgan fingerprint density at radius 2 is 2.00 bits per heavy atom. The third-order valence-electron chi connectivity index (χ3n) is 3.65. The molecule has 2 atom stereocenters. The number of carbonyl (C=O) groups is 1. The molecular formula is C14H17N5O. The van der Waals surface area contributed by atoms with E-state index >= 15 is 0 Å². The molecule has 2 unspecified atom stereocenters. The SMILES string of the molecule is CC1NCCC1C(=O)Nc1ccc(-n2nccn2)cc1. The van der Waals surface area contributed by atoms with Gasteiger partial charge in [0.2, 0.25) is 5.91 Å². The average molecular weight is 271 g/mol. The van der Waals surface area contributed by atoms with E-state index in [4.69, 9.17) is 0 Å². The minimum Gasteiger partial charge on any atom is -0.326 e. The maximum absolute atomic E-state index is 12.2. The molecule has 1 aromatic heterocycles. The van der Waals surface area contributed by atoms with Crippen molar-refractivity contribution >= 4 is 11.6 Å². The quantitative estimate of drug-likeness (QED) is 0.880. The summed E-state index contributed by atoms with van der Waals surface area (Å²) in [5, 5.41) is 14.4. The third-order valence-corrected chi connectivity index (χ3v) is 3.65.